The Labute approximate surface area is 161 Å². The molecule has 2 amide bonds. The minimum atomic E-state index is -3.18. The highest BCUT2D eigenvalue weighted by atomic mass is 32.2. The Morgan fingerprint density at radius 1 is 1.04 bits per heavy atom. The Morgan fingerprint density at radius 3 is 2.26 bits per heavy atom. The summed E-state index contributed by atoms with van der Waals surface area (Å²) in [6, 6.07) is 13.9. The molecule has 6 nitrogen and oxygen atoms in total. The van der Waals surface area contributed by atoms with Gasteiger partial charge in [0, 0.05) is 12.7 Å². The molecular weight excluding hydrogens is 386 g/mol. The zero-order valence-electron chi connectivity index (χ0n) is 14.5. The summed E-state index contributed by atoms with van der Waals surface area (Å²) >= 11 is 0.879. The molecule has 0 saturated carbocycles. The lowest BCUT2D eigenvalue weighted by atomic mass is 10.1. The van der Waals surface area contributed by atoms with E-state index in [1.165, 1.54) is 6.26 Å². The van der Waals surface area contributed by atoms with Gasteiger partial charge in [-0.3, -0.25) is 14.9 Å². The molecule has 0 unspecified atom stereocenters. The zero-order valence-corrected chi connectivity index (χ0v) is 16.1. The molecule has 1 aliphatic heterocycles. The van der Waals surface area contributed by atoms with Gasteiger partial charge in [-0.15, -0.1) is 0 Å². The average molecular weight is 403 g/mol. The van der Waals surface area contributed by atoms with Crippen molar-refractivity contribution in [2.45, 2.75) is 11.3 Å². The fraction of sp³-hybridized carbons (Fsp3) is 0.158. The number of amides is 2. The first kappa shape index (κ1) is 19.2. The molecule has 0 spiro atoms. The molecule has 1 heterocycles. The van der Waals surface area contributed by atoms with Crippen LogP contribution in [-0.4, -0.2) is 32.4 Å². The van der Waals surface area contributed by atoms with E-state index < -0.39 is 9.84 Å². The topological polar surface area (TPSA) is 89.5 Å². The van der Waals surface area contributed by atoms with E-state index in [1.807, 2.05) is 0 Å². The van der Waals surface area contributed by atoms with Gasteiger partial charge < -0.3 is 4.74 Å². The highest BCUT2D eigenvalue weighted by Crippen LogP contribution is 2.26. The second-order valence-corrected chi connectivity index (χ2v) is 8.97. The van der Waals surface area contributed by atoms with E-state index in [-0.39, 0.29) is 11.1 Å². The third kappa shape index (κ3) is 5.21. The maximum atomic E-state index is 11.5. The van der Waals surface area contributed by atoms with Gasteiger partial charge in [-0.05, 0) is 53.2 Å². The van der Waals surface area contributed by atoms with Crippen LogP contribution in [-0.2, 0) is 21.1 Å². The summed E-state index contributed by atoms with van der Waals surface area (Å²) in [5.74, 6) is 0.303. The van der Waals surface area contributed by atoms with Crippen molar-refractivity contribution in [1.82, 2.24) is 5.32 Å². The summed E-state index contributed by atoms with van der Waals surface area (Å²) in [6.07, 6.45) is 3.48. The van der Waals surface area contributed by atoms with Crippen molar-refractivity contribution in [3.63, 3.8) is 0 Å². The molecule has 27 heavy (non-hydrogen) atoms. The maximum Gasteiger partial charge on any atom is 0.290 e. The van der Waals surface area contributed by atoms with E-state index in [2.05, 4.69) is 5.32 Å². The predicted molar refractivity (Wildman–Crippen MR) is 104 cm³/mol. The number of rotatable bonds is 6. The summed E-state index contributed by atoms with van der Waals surface area (Å²) in [7, 11) is -3.18. The first-order chi connectivity index (χ1) is 12.8. The van der Waals surface area contributed by atoms with Gasteiger partial charge in [0.25, 0.3) is 11.1 Å². The Balaban J connectivity index is 1.54. The van der Waals surface area contributed by atoms with Crippen molar-refractivity contribution in [2.24, 2.45) is 0 Å². The van der Waals surface area contributed by atoms with E-state index in [0.717, 1.165) is 22.9 Å². The van der Waals surface area contributed by atoms with Crippen molar-refractivity contribution in [2.75, 3.05) is 12.9 Å². The molecule has 0 radical (unpaired) electrons. The van der Waals surface area contributed by atoms with Crippen LogP contribution in [0.4, 0.5) is 4.79 Å². The first-order valence-electron chi connectivity index (χ1n) is 8.08. The van der Waals surface area contributed by atoms with Crippen LogP contribution in [0.1, 0.15) is 11.1 Å². The van der Waals surface area contributed by atoms with Crippen LogP contribution in [0.2, 0.25) is 0 Å². The standard InChI is InChI=1S/C19H17NO5S2/c1-27(23,24)16-8-4-13(5-9-16)10-11-25-15-6-2-14(3-7-15)12-17-18(21)20-19(22)26-17/h2-9,12H,10-11H2,1H3,(H,20,21,22)/b17-12-. The molecule has 2 aromatic carbocycles. The molecule has 8 heteroatoms. The van der Waals surface area contributed by atoms with E-state index >= 15 is 0 Å². The molecule has 0 aromatic heterocycles. The highest BCUT2D eigenvalue weighted by Gasteiger charge is 2.24. The summed E-state index contributed by atoms with van der Waals surface area (Å²) in [6.45, 7) is 0.450. The third-order valence-corrected chi connectivity index (χ3v) is 5.77. The fourth-order valence-corrected chi connectivity index (χ4v) is 3.74. The molecule has 1 N–H and O–H groups in total. The van der Waals surface area contributed by atoms with Gasteiger partial charge in [0.05, 0.1) is 16.4 Å². The number of nitrogens with one attached hydrogen (secondary N) is 1. The SMILES string of the molecule is CS(=O)(=O)c1ccc(CCOc2ccc(/C=C3\SC(=O)NC3=O)cc2)cc1. The lowest BCUT2D eigenvalue weighted by Crippen LogP contribution is -2.17. The minimum Gasteiger partial charge on any atom is -0.493 e. The van der Waals surface area contributed by atoms with Crippen molar-refractivity contribution >= 4 is 38.8 Å². The number of ether oxygens (including phenoxy) is 1. The monoisotopic (exact) mass is 403 g/mol. The third-order valence-electron chi connectivity index (χ3n) is 3.83. The number of imide groups is 1. The lowest BCUT2D eigenvalue weighted by molar-refractivity contribution is -0.115. The number of thioether (sulfide) groups is 1. The van der Waals surface area contributed by atoms with Gasteiger partial charge >= 0.3 is 0 Å². The van der Waals surface area contributed by atoms with E-state index in [0.29, 0.717) is 28.6 Å². The molecule has 0 atom stereocenters. The lowest BCUT2D eigenvalue weighted by Gasteiger charge is -2.07. The Hall–Kier alpha value is -2.58. The molecular formula is C19H17NO5S2. The van der Waals surface area contributed by atoms with Crippen LogP contribution in [0.5, 0.6) is 5.75 Å². The molecule has 1 saturated heterocycles. The van der Waals surface area contributed by atoms with Crippen LogP contribution in [0, 0.1) is 0 Å². The highest BCUT2D eigenvalue weighted by molar-refractivity contribution is 8.18. The van der Waals surface area contributed by atoms with Crippen LogP contribution in [0.15, 0.2) is 58.3 Å². The van der Waals surface area contributed by atoms with E-state index in [9.17, 15) is 18.0 Å². The molecule has 1 aliphatic rings. The molecule has 140 valence electrons. The van der Waals surface area contributed by atoms with E-state index in [4.69, 9.17) is 4.74 Å². The van der Waals surface area contributed by atoms with Gasteiger partial charge in [-0.1, -0.05) is 24.3 Å². The number of hydrogen-bond acceptors (Lipinski definition) is 6. The smallest absolute Gasteiger partial charge is 0.290 e. The van der Waals surface area contributed by atoms with Crippen molar-refractivity contribution in [1.29, 1.82) is 0 Å². The molecule has 0 bridgehead atoms. The average Bonchev–Trinajstić information content (AvgIpc) is 2.93. The number of carbonyl (C=O) groups is 2. The largest absolute Gasteiger partial charge is 0.493 e. The first-order valence-corrected chi connectivity index (χ1v) is 10.8. The summed E-state index contributed by atoms with van der Waals surface area (Å²) in [5, 5.41) is 1.85. The van der Waals surface area contributed by atoms with Crippen molar-refractivity contribution in [3.8, 4) is 5.75 Å². The Morgan fingerprint density at radius 2 is 1.70 bits per heavy atom. The molecule has 2 aromatic rings. The second kappa shape index (κ2) is 7.98. The number of sulfone groups is 1. The quantitative estimate of drug-likeness (QED) is 0.746. The number of benzene rings is 2. The second-order valence-electron chi connectivity index (χ2n) is 5.94. The van der Waals surface area contributed by atoms with Crippen molar-refractivity contribution in [3.05, 3.63) is 64.6 Å². The fourth-order valence-electron chi connectivity index (χ4n) is 2.42. The zero-order chi connectivity index (χ0) is 19.4. The predicted octanol–water partition coefficient (Wildman–Crippen LogP) is 3.04. The van der Waals surface area contributed by atoms with Gasteiger partial charge in [-0.25, -0.2) is 8.42 Å². The van der Waals surface area contributed by atoms with Crippen molar-refractivity contribution < 1.29 is 22.7 Å². The maximum absolute atomic E-state index is 11.5. The van der Waals surface area contributed by atoms with Crippen LogP contribution >= 0.6 is 11.8 Å². The van der Waals surface area contributed by atoms with Gasteiger partial charge in [0.2, 0.25) is 0 Å². The Bertz CT molecular complexity index is 993. The van der Waals surface area contributed by atoms with Gasteiger partial charge in [0.15, 0.2) is 9.84 Å². The molecule has 1 fully saturated rings. The Kier molecular flexibility index (Phi) is 5.67. The molecule has 0 aliphatic carbocycles. The van der Waals surface area contributed by atoms with Crippen LogP contribution < -0.4 is 10.1 Å². The minimum absolute atomic E-state index is 0.299. The van der Waals surface area contributed by atoms with Gasteiger partial charge in [0.1, 0.15) is 5.75 Å². The molecule has 3 rings (SSSR count). The van der Waals surface area contributed by atoms with Crippen LogP contribution in [0.3, 0.4) is 0 Å². The normalized spacial score (nSPS) is 15.8. The summed E-state index contributed by atoms with van der Waals surface area (Å²) < 4.78 is 28.6. The number of hydrogen-bond donors (Lipinski definition) is 1. The van der Waals surface area contributed by atoms with E-state index in [1.54, 1.807) is 54.6 Å². The summed E-state index contributed by atoms with van der Waals surface area (Å²) in [5.41, 5.74) is 1.78. The van der Waals surface area contributed by atoms with Crippen LogP contribution in [0.25, 0.3) is 6.08 Å². The van der Waals surface area contributed by atoms with Gasteiger partial charge in [-0.2, -0.15) is 0 Å². The number of carbonyl (C=O) groups excluding carboxylic acids is 2. The summed E-state index contributed by atoms with van der Waals surface area (Å²) in [4.78, 5) is 23.3.